The Morgan fingerprint density at radius 1 is 1.25 bits per heavy atom. The third-order valence-electron chi connectivity index (χ3n) is 3.89. The molecule has 0 saturated heterocycles. The van der Waals surface area contributed by atoms with Gasteiger partial charge in [0.2, 0.25) is 5.91 Å². The van der Waals surface area contributed by atoms with Crippen molar-refractivity contribution in [2.75, 3.05) is 6.61 Å². The zero-order valence-corrected chi connectivity index (χ0v) is 12.5. The highest BCUT2D eigenvalue weighted by molar-refractivity contribution is 5.83. The molecule has 1 aliphatic heterocycles. The Hall–Kier alpha value is -2.54. The lowest BCUT2D eigenvalue weighted by Crippen LogP contribution is -2.43. The van der Waals surface area contributed by atoms with Gasteiger partial charge in [-0.2, -0.15) is 0 Å². The number of carbonyl (C=O) groups is 1. The maximum Gasteiger partial charge on any atom is 0.242 e. The molecule has 3 N–H and O–H groups in total. The molecule has 126 valence electrons. The molecule has 3 atom stereocenters. The van der Waals surface area contributed by atoms with E-state index in [1.54, 1.807) is 24.3 Å². The normalized spacial score (nSPS) is 20.7. The second-order valence-electron chi connectivity index (χ2n) is 5.49. The first-order chi connectivity index (χ1) is 11.5. The lowest BCUT2D eigenvalue weighted by Gasteiger charge is -2.30. The molecule has 1 amide bonds. The fraction of sp³-hybridized carbons (Fsp3) is 0.235. The van der Waals surface area contributed by atoms with Gasteiger partial charge in [-0.1, -0.05) is 24.3 Å². The smallest absolute Gasteiger partial charge is 0.242 e. The van der Waals surface area contributed by atoms with Crippen LogP contribution in [-0.4, -0.2) is 18.7 Å². The minimum absolute atomic E-state index is 0.162. The van der Waals surface area contributed by atoms with Crippen LogP contribution in [0.15, 0.2) is 42.5 Å². The van der Waals surface area contributed by atoms with E-state index in [0.29, 0.717) is 17.4 Å². The summed E-state index contributed by atoms with van der Waals surface area (Å²) in [6, 6.07) is 7.15. The molecule has 0 aromatic heterocycles. The number of nitrogens with one attached hydrogen (secondary N) is 1. The zero-order valence-electron chi connectivity index (χ0n) is 12.5. The van der Waals surface area contributed by atoms with Crippen molar-refractivity contribution in [3.63, 3.8) is 0 Å². The van der Waals surface area contributed by atoms with Crippen molar-refractivity contribution >= 4 is 5.91 Å². The molecule has 0 fully saturated rings. The van der Waals surface area contributed by atoms with Crippen molar-refractivity contribution in [1.29, 1.82) is 0 Å². The Morgan fingerprint density at radius 3 is 2.75 bits per heavy atom. The van der Waals surface area contributed by atoms with Crippen LogP contribution < -0.4 is 15.8 Å². The van der Waals surface area contributed by atoms with Gasteiger partial charge in [0.25, 0.3) is 0 Å². The first-order valence-corrected chi connectivity index (χ1v) is 7.34. The Labute approximate surface area is 136 Å². The van der Waals surface area contributed by atoms with Gasteiger partial charge in [0.1, 0.15) is 30.0 Å². The predicted molar refractivity (Wildman–Crippen MR) is 81.0 cm³/mol. The number of amides is 1. The molecule has 1 heterocycles. The molecule has 0 spiro atoms. The highest BCUT2D eigenvalue weighted by atomic mass is 19.1. The maximum absolute atomic E-state index is 14.2. The summed E-state index contributed by atoms with van der Waals surface area (Å²) in [7, 11) is 0. The van der Waals surface area contributed by atoms with Gasteiger partial charge in [-0.15, -0.1) is 0 Å². The Kier molecular flexibility index (Phi) is 4.44. The quantitative estimate of drug-likeness (QED) is 0.905. The van der Waals surface area contributed by atoms with Crippen molar-refractivity contribution in [2.45, 2.75) is 18.3 Å². The van der Waals surface area contributed by atoms with Crippen LogP contribution in [0.5, 0.6) is 5.75 Å². The van der Waals surface area contributed by atoms with E-state index >= 15 is 0 Å². The van der Waals surface area contributed by atoms with Crippen molar-refractivity contribution in [3.8, 4) is 5.75 Å². The molecular formula is C17H15F3N2O2. The average molecular weight is 336 g/mol. The summed E-state index contributed by atoms with van der Waals surface area (Å²) in [5.74, 6) is -1.99. The second kappa shape index (κ2) is 6.52. The number of benzene rings is 2. The molecule has 0 bridgehead atoms. The van der Waals surface area contributed by atoms with Gasteiger partial charge in [-0.05, 0) is 12.1 Å². The number of ether oxygens (including phenoxy) is 1. The number of carbonyl (C=O) groups excluding carboxylic acids is 1. The monoisotopic (exact) mass is 336 g/mol. The van der Waals surface area contributed by atoms with Gasteiger partial charge >= 0.3 is 0 Å². The van der Waals surface area contributed by atoms with Gasteiger partial charge in [0.15, 0.2) is 6.17 Å². The highest BCUT2D eigenvalue weighted by Crippen LogP contribution is 2.33. The number of para-hydroxylation sites is 1. The van der Waals surface area contributed by atoms with E-state index in [2.05, 4.69) is 5.32 Å². The number of rotatable bonds is 3. The fourth-order valence-electron chi connectivity index (χ4n) is 2.64. The molecule has 1 aliphatic rings. The summed E-state index contributed by atoms with van der Waals surface area (Å²) in [4.78, 5) is 12.3. The third-order valence-corrected chi connectivity index (χ3v) is 3.89. The zero-order chi connectivity index (χ0) is 17.3. The Morgan fingerprint density at radius 2 is 2.00 bits per heavy atom. The third kappa shape index (κ3) is 3.07. The number of nitrogens with two attached hydrogens (primary N) is 1. The van der Waals surface area contributed by atoms with Crippen LogP contribution in [0.4, 0.5) is 13.2 Å². The van der Waals surface area contributed by atoms with Crippen LogP contribution in [-0.2, 0) is 4.79 Å². The van der Waals surface area contributed by atoms with Crippen LogP contribution in [0.3, 0.4) is 0 Å². The van der Waals surface area contributed by atoms with E-state index in [9.17, 15) is 18.0 Å². The molecular weight excluding hydrogens is 321 g/mol. The molecule has 0 saturated carbocycles. The summed E-state index contributed by atoms with van der Waals surface area (Å²) >= 11 is 0. The van der Waals surface area contributed by atoms with Crippen molar-refractivity contribution in [1.82, 2.24) is 5.32 Å². The molecule has 0 radical (unpaired) electrons. The molecule has 3 rings (SSSR count). The SMILES string of the molecule is NC(C(=O)NC1c2ccccc2OCC1F)c1ccc(F)cc1F. The first-order valence-electron chi connectivity index (χ1n) is 7.34. The molecule has 4 nitrogen and oxygen atoms in total. The second-order valence-corrected chi connectivity index (χ2v) is 5.49. The lowest BCUT2D eigenvalue weighted by atomic mass is 9.98. The van der Waals surface area contributed by atoms with Gasteiger partial charge in [0.05, 0.1) is 6.04 Å². The molecule has 2 aromatic carbocycles. The standard InChI is InChI=1S/C17H15F3N2O2/c18-9-5-6-10(12(19)7-9)15(21)17(23)22-16-11-3-1-2-4-14(11)24-8-13(16)20/h1-7,13,15-16H,8,21H2,(H,22,23). The van der Waals surface area contributed by atoms with Crippen molar-refractivity contribution in [3.05, 3.63) is 65.2 Å². The van der Waals surface area contributed by atoms with Gasteiger partial charge in [-0.25, -0.2) is 13.2 Å². The van der Waals surface area contributed by atoms with Crippen LogP contribution in [0, 0.1) is 11.6 Å². The maximum atomic E-state index is 14.2. The summed E-state index contributed by atoms with van der Waals surface area (Å²) in [6.45, 7) is -0.206. The lowest BCUT2D eigenvalue weighted by molar-refractivity contribution is -0.124. The molecule has 24 heavy (non-hydrogen) atoms. The topological polar surface area (TPSA) is 64.4 Å². The van der Waals surface area contributed by atoms with Gasteiger partial charge in [0, 0.05) is 17.2 Å². The Balaban J connectivity index is 1.81. The number of alkyl halides is 1. The molecule has 2 aromatic rings. The van der Waals surface area contributed by atoms with Gasteiger partial charge in [-0.3, -0.25) is 4.79 Å². The minimum Gasteiger partial charge on any atom is -0.490 e. The summed E-state index contributed by atoms with van der Waals surface area (Å²) in [5, 5.41) is 2.49. The van der Waals surface area contributed by atoms with E-state index in [4.69, 9.17) is 10.5 Å². The van der Waals surface area contributed by atoms with Crippen LogP contribution >= 0.6 is 0 Å². The van der Waals surface area contributed by atoms with Gasteiger partial charge < -0.3 is 15.8 Å². The first kappa shape index (κ1) is 16.3. The van der Waals surface area contributed by atoms with E-state index < -0.39 is 35.8 Å². The number of hydrogen-bond donors (Lipinski definition) is 2. The largest absolute Gasteiger partial charge is 0.490 e. The minimum atomic E-state index is -1.46. The summed E-state index contributed by atoms with van der Waals surface area (Å²) < 4.78 is 46.2. The van der Waals surface area contributed by atoms with Crippen LogP contribution in [0.1, 0.15) is 23.2 Å². The number of hydrogen-bond acceptors (Lipinski definition) is 3. The molecule has 0 aliphatic carbocycles. The molecule has 7 heteroatoms. The van der Waals surface area contributed by atoms with Crippen LogP contribution in [0.2, 0.25) is 0 Å². The predicted octanol–water partition coefficient (Wildman–Crippen LogP) is 2.55. The summed E-state index contributed by atoms with van der Waals surface area (Å²) in [6.07, 6.45) is -1.46. The number of halogens is 3. The highest BCUT2D eigenvalue weighted by Gasteiger charge is 2.33. The fourth-order valence-corrected chi connectivity index (χ4v) is 2.64. The average Bonchev–Trinajstić information content (AvgIpc) is 2.57. The number of fused-ring (bicyclic) bond motifs is 1. The molecule has 3 unspecified atom stereocenters. The van der Waals surface area contributed by atoms with E-state index in [-0.39, 0.29) is 12.2 Å². The summed E-state index contributed by atoms with van der Waals surface area (Å²) in [5.41, 5.74) is 6.06. The van der Waals surface area contributed by atoms with E-state index in [1.165, 1.54) is 0 Å². The van der Waals surface area contributed by atoms with Crippen molar-refractivity contribution < 1.29 is 22.7 Å². The van der Waals surface area contributed by atoms with Crippen molar-refractivity contribution in [2.24, 2.45) is 5.73 Å². The van der Waals surface area contributed by atoms with E-state index in [1.807, 2.05) is 0 Å². The van der Waals surface area contributed by atoms with Crippen LogP contribution in [0.25, 0.3) is 0 Å². The van der Waals surface area contributed by atoms with E-state index in [0.717, 1.165) is 12.1 Å². The Bertz CT molecular complexity index is 769.